The van der Waals surface area contributed by atoms with E-state index in [0.29, 0.717) is 11.7 Å². The van der Waals surface area contributed by atoms with Crippen LogP contribution in [-0.4, -0.2) is 5.78 Å². The Morgan fingerprint density at radius 3 is 2.63 bits per heavy atom. The van der Waals surface area contributed by atoms with Crippen LogP contribution in [0.3, 0.4) is 0 Å². The molecule has 1 aromatic rings. The fourth-order valence-corrected chi connectivity index (χ4v) is 3.50. The Hall–Kier alpha value is -1.11. The maximum atomic E-state index is 12.3. The van der Waals surface area contributed by atoms with Gasteiger partial charge in [0.15, 0.2) is 0 Å². The van der Waals surface area contributed by atoms with Crippen molar-refractivity contribution in [2.45, 2.75) is 53.4 Å². The van der Waals surface area contributed by atoms with E-state index in [-0.39, 0.29) is 11.3 Å². The quantitative estimate of drug-likeness (QED) is 0.776. The predicted molar refractivity (Wildman–Crippen MR) is 80.2 cm³/mol. The topological polar surface area (TPSA) is 17.1 Å². The number of carbonyl (C=O) groups is 1. The Morgan fingerprint density at radius 1 is 1.26 bits per heavy atom. The molecule has 0 N–H and O–H groups in total. The highest BCUT2D eigenvalue weighted by atomic mass is 16.1. The Balaban J connectivity index is 2.11. The second-order valence-corrected chi connectivity index (χ2v) is 7.06. The van der Waals surface area contributed by atoms with Gasteiger partial charge in [-0.05, 0) is 43.1 Å². The monoisotopic (exact) mass is 258 g/mol. The molecule has 1 fully saturated rings. The summed E-state index contributed by atoms with van der Waals surface area (Å²) in [5.74, 6) is 1.30. The first-order valence-corrected chi connectivity index (χ1v) is 7.47. The van der Waals surface area contributed by atoms with Gasteiger partial charge in [0, 0.05) is 12.3 Å². The Labute approximate surface area is 117 Å². The molecular weight excluding hydrogens is 232 g/mol. The molecule has 1 saturated carbocycles. The molecule has 0 spiro atoms. The van der Waals surface area contributed by atoms with Crippen LogP contribution in [0, 0.1) is 24.2 Å². The van der Waals surface area contributed by atoms with Crippen molar-refractivity contribution in [3.8, 4) is 0 Å². The number of aryl methyl sites for hydroxylation is 1. The molecule has 1 nitrogen and oxygen atoms in total. The largest absolute Gasteiger partial charge is 0.299 e. The van der Waals surface area contributed by atoms with Crippen molar-refractivity contribution >= 4 is 5.78 Å². The van der Waals surface area contributed by atoms with Crippen molar-refractivity contribution in [3.63, 3.8) is 0 Å². The van der Waals surface area contributed by atoms with E-state index in [9.17, 15) is 4.79 Å². The average Bonchev–Trinajstić information content (AvgIpc) is 2.27. The van der Waals surface area contributed by atoms with Gasteiger partial charge in [0.1, 0.15) is 5.78 Å². The maximum Gasteiger partial charge on any atom is 0.136 e. The number of hydrogen-bond donors (Lipinski definition) is 0. The predicted octanol–water partition coefficient (Wildman–Crippen LogP) is 4.57. The third-order valence-electron chi connectivity index (χ3n) is 4.57. The van der Waals surface area contributed by atoms with E-state index in [4.69, 9.17) is 0 Å². The van der Waals surface area contributed by atoms with Crippen molar-refractivity contribution in [2.24, 2.45) is 17.3 Å². The lowest BCUT2D eigenvalue weighted by Crippen LogP contribution is -2.36. The SMILES string of the molecule is Cc1cccc(CC(C)(C)C2CCC(C)CC2=O)c1. The molecule has 0 heterocycles. The fourth-order valence-electron chi connectivity index (χ4n) is 3.50. The van der Waals surface area contributed by atoms with Gasteiger partial charge in [-0.25, -0.2) is 0 Å². The second-order valence-electron chi connectivity index (χ2n) is 7.06. The highest BCUT2D eigenvalue weighted by Crippen LogP contribution is 2.40. The minimum absolute atomic E-state index is 0.0744. The van der Waals surface area contributed by atoms with Crippen LogP contribution in [0.25, 0.3) is 0 Å². The molecule has 2 atom stereocenters. The highest BCUT2D eigenvalue weighted by molar-refractivity contribution is 5.82. The molecule has 1 aliphatic rings. The second kappa shape index (κ2) is 5.48. The molecule has 0 aliphatic heterocycles. The van der Waals surface area contributed by atoms with E-state index in [1.54, 1.807) is 0 Å². The zero-order chi connectivity index (χ0) is 14.0. The summed E-state index contributed by atoms with van der Waals surface area (Å²) in [6.45, 7) is 8.84. The molecule has 104 valence electrons. The number of hydrogen-bond acceptors (Lipinski definition) is 1. The van der Waals surface area contributed by atoms with Crippen LogP contribution >= 0.6 is 0 Å². The molecule has 1 aliphatic carbocycles. The number of carbonyl (C=O) groups excluding carboxylic acids is 1. The molecule has 0 aromatic heterocycles. The number of ketones is 1. The van der Waals surface area contributed by atoms with Crippen molar-refractivity contribution < 1.29 is 4.79 Å². The zero-order valence-electron chi connectivity index (χ0n) is 12.7. The molecule has 1 aromatic carbocycles. The summed E-state index contributed by atoms with van der Waals surface area (Å²) in [5.41, 5.74) is 2.73. The molecule has 2 rings (SSSR count). The summed E-state index contributed by atoms with van der Waals surface area (Å²) in [7, 11) is 0. The summed E-state index contributed by atoms with van der Waals surface area (Å²) in [6.07, 6.45) is 4.05. The third-order valence-corrected chi connectivity index (χ3v) is 4.57. The van der Waals surface area contributed by atoms with Crippen molar-refractivity contribution in [1.82, 2.24) is 0 Å². The number of benzene rings is 1. The van der Waals surface area contributed by atoms with Crippen LogP contribution in [0.4, 0.5) is 0 Å². The Morgan fingerprint density at radius 2 is 2.00 bits per heavy atom. The van der Waals surface area contributed by atoms with Gasteiger partial charge in [-0.15, -0.1) is 0 Å². The van der Waals surface area contributed by atoms with Gasteiger partial charge >= 0.3 is 0 Å². The molecule has 19 heavy (non-hydrogen) atoms. The smallest absolute Gasteiger partial charge is 0.136 e. The van der Waals surface area contributed by atoms with Crippen molar-refractivity contribution in [2.75, 3.05) is 0 Å². The Bertz CT molecular complexity index is 459. The summed E-state index contributed by atoms with van der Waals surface area (Å²) < 4.78 is 0. The first kappa shape index (κ1) is 14.3. The van der Waals surface area contributed by atoms with Gasteiger partial charge in [0.05, 0.1) is 0 Å². The van der Waals surface area contributed by atoms with Crippen LogP contribution in [0.5, 0.6) is 0 Å². The van der Waals surface area contributed by atoms with Gasteiger partial charge in [-0.3, -0.25) is 4.79 Å². The number of rotatable bonds is 3. The average molecular weight is 258 g/mol. The molecule has 2 unspecified atom stereocenters. The maximum absolute atomic E-state index is 12.3. The van der Waals surface area contributed by atoms with Crippen molar-refractivity contribution in [1.29, 1.82) is 0 Å². The highest BCUT2D eigenvalue weighted by Gasteiger charge is 2.37. The third kappa shape index (κ3) is 3.46. The van der Waals surface area contributed by atoms with Crippen LogP contribution in [0.15, 0.2) is 24.3 Å². The van der Waals surface area contributed by atoms with Crippen LogP contribution in [-0.2, 0) is 11.2 Å². The van der Waals surface area contributed by atoms with E-state index < -0.39 is 0 Å². The van der Waals surface area contributed by atoms with E-state index in [1.165, 1.54) is 17.5 Å². The van der Waals surface area contributed by atoms with Crippen LogP contribution in [0.1, 0.15) is 51.2 Å². The molecule has 0 bridgehead atoms. The molecule has 0 radical (unpaired) electrons. The van der Waals surface area contributed by atoms with Gasteiger partial charge in [-0.2, -0.15) is 0 Å². The fraction of sp³-hybridized carbons (Fsp3) is 0.611. The van der Waals surface area contributed by atoms with Gasteiger partial charge in [-0.1, -0.05) is 50.6 Å². The zero-order valence-corrected chi connectivity index (χ0v) is 12.7. The summed E-state index contributed by atoms with van der Waals surface area (Å²) in [5, 5.41) is 0. The standard InChI is InChI=1S/C18H26O/c1-13-6-5-7-15(10-13)12-18(3,4)16-9-8-14(2)11-17(16)19/h5-7,10,14,16H,8-9,11-12H2,1-4H3. The summed E-state index contributed by atoms with van der Waals surface area (Å²) in [6, 6.07) is 8.68. The summed E-state index contributed by atoms with van der Waals surface area (Å²) >= 11 is 0. The van der Waals surface area contributed by atoms with E-state index >= 15 is 0 Å². The number of Topliss-reactive ketones (excluding diaryl/α,β-unsaturated/α-hetero) is 1. The first-order chi connectivity index (χ1) is 8.88. The lowest BCUT2D eigenvalue weighted by molar-refractivity contribution is -0.129. The molecular formula is C18H26O. The minimum Gasteiger partial charge on any atom is -0.299 e. The normalized spacial score (nSPS) is 24.5. The van der Waals surface area contributed by atoms with Crippen LogP contribution in [0.2, 0.25) is 0 Å². The first-order valence-electron chi connectivity index (χ1n) is 7.47. The van der Waals surface area contributed by atoms with Gasteiger partial charge in [0.25, 0.3) is 0 Å². The molecule has 0 amide bonds. The Kier molecular flexibility index (Phi) is 4.13. The molecule has 0 saturated heterocycles. The lowest BCUT2D eigenvalue weighted by atomic mass is 9.66. The van der Waals surface area contributed by atoms with Crippen LogP contribution < -0.4 is 0 Å². The summed E-state index contributed by atoms with van der Waals surface area (Å²) in [4.78, 5) is 12.3. The van der Waals surface area contributed by atoms with Gasteiger partial charge < -0.3 is 0 Å². The minimum atomic E-state index is 0.0744. The lowest BCUT2D eigenvalue weighted by Gasteiger charge is -2.37. The van der Waals surface area contributed by atoms with E-state index in [2.05, 4.69) is 52.0 Å². The van der Waals surface area contributed by atoms with E-state index in [0.717, 1.165) is 19.3 Å². The van der Waals surface area contributed by atoms with Gasteiger partial charge in [0.2, 0.25) is 0 Å². The van der Waals surface area contributed by atoms with E-state index in [1.807, 2.05) is 0 Å². The van der Waals surface area contributed by atoms with Crippen molar-refractivity contribution in [3.05, 3.63) is 35.4 Å². The molecule has 1 heteroatoms.